The number of ether oxygens (including phenoxy) is 1. The second-order valence-corrected chi connectivity index (χ2v) is 5.34. The van der Waals surface area contributed by atoms with E-state index in [0.29, 0.717) is 13.0 Å². The van der Waals surface area contributed by atoms with Crippen LogP contribution in [0.15, 0.2) is 48.5 Å². The summed E-state index contributed by atoms with van der Waals surface area (Å²) in [5.41, 5.74) is 3.47. The second kappa shape index (κ2) is 6.00. The van der Waals surface area contributed by atoms with Crippen molar-refractivity contribution in [1.82, 2.24) is 0 Å². The molecule has 0 saturated carbocycles. The zero-order chi connectivity index (χ0) is 14.7. The molecular weight excluding hydrogens is 262 g/mol. The van der Waals surface area contributed by atoms with E-state index in [1.165, 1.54) is 5.56 Å². The van der Waals surface area contributed by atoms with Crippen LogP contribution in [0.2, 0.25) is 0 Å². The molecule has 0 unspecified atom stereocenters. The summed E-state index contributed by atoms with van der Waals surface area (Å²) in [6.07, 6.45) is 1.35. The number of nitrogens with zero attached hydrogens (tertiary/aromatic N) is 1. The van der Waals surface area contributed by atoms with Gasteiger partial charge in [0.1, 0.15) is 5.75 Å². The van der Waals surface area contributed by atoms with Gasteiger partial charge >= 0.3 is 0 Å². The third-order valence-electron chi connectivity index (χ3n) is 3.76. The van der Waals surface area contributed by atoms with Crippen molar-refractivity contribution in [3.05, 3.63) is 59.7 Å². The Balaban J connectivity index is 1.56. The van der Waals surface area contributed by atoms with Crippen molar-refractivity contribution in [3.8, 4) is 5.75 Å². The lowest BCUT2D eigenvalue weighted by atomic mass is 10.2. The molecule has 1 aliphatic rings. The van der Waals surface area contributed by atoms with Gasteiger partial charge in [-0.15, -0.1) is 0 Å². The molecule has 3 heteroatoms. The molecule has 108 valence electrons. The Bertz CT molecular complexity index is 651. The number of carbonyl (C=O) groups excluding carboxylic acids is 1. The van der Waals surface area contributed by atoms with Crippen LogP contribution < -0.4 is 9.64 Å². The van der Waals surface area contributed by atoms with E-state index < -0.39 is 0 Å². The summed E-state index contributed by atoms with van der Waals surface area (Å²) in [7, 11) is 0. The number of aryl methyl sites for hydroxylation is 1. The van der Waals surface area contributed by atoms with E-state index >= 15 is 0 Å². The van der Waals surface area contributed by atoms with Gasteiger partial charge in [0.15, 0.2) is 0 Å². The molecule has 0 radical (unpaired) electrons. The van der Waals surface area contributed by atoms with Gasteiger partial charge in [0.25, 0.3) is 0 Å². The smallest absolute Gasteiger partial charge is 0.230 e. The van der Waals surface area contributed by atoms with Crippen molar-refractivity contribution in [2.24, 2.45) is 0 Å². The lowest BCUT2D eigenvalue weighted by Gasteiger charge is -2.17. The molecule has 0 aromatic heterocycles. The molecule has 0 bridgehead atoms. The number of rotatable bonds is 4. The molecule has 1 heterocycles. The third kappa shape index (κ3) is 3.07. The van der Waals surface area contributed by atoms with Crippen LogP contribution >= 0.6 is 0 Å². The number of para-hydroxylation sites is 1. The number of carbonyl (C=O) groups is 1. The normalized spacial score (nSPS) is 13.1. The third-order valence-corrected chi connectivity index (χ3v) is 3.76. The lowest BCUT2D eigenvalue weighted by Crippen LogP contribution is -2.30. The Morgan fingerprint density at radius 3 is 2.90 bits per heavy atom. The Kier molecular flexibility index (Phi) is 3.91. The monoisotopic (exact) mass is 281 g/mol. The number of hydrogen-bond donors (Lipinski definition) is 0. The van der Waals surface area contributed by atoms with Gasteiger partial charge in [0.05, 0.1) is 13.0 Å². The molecular formula is C18H19NO2. The first kappa shape index (κ1) is 13.7. The average Bonchev–Trinajstić information content (AvgIpc) is 2.91. The molecule has 0 N–H and O–H groups in total. The molecule has 0 saturated heterocycles. The molecule has 21 heavy (non-hydrogen) atoms. The van der Waals surface area contributed by atoms with Crippen LogP contribution in [-0.2, 0) is 11.2 Å². The first-order chi connectivity index (χ1) is 10.2. The first-order valence-electron chi connectivity index (χ1n) is 7.32. The molecule has 0 atom stereocenters. The molecule has 2 aromatic rings. The van der Waals surface area contributed by atoms with Gasteiger partial charge in [-0.2, -0.15) is 0 Å². The molecule has 1 amide bonds. The Morgan fingerprint density at radius 1 is 1.19 bits per heavy atom. The van der Waals surface area contributed by atoms with Crippen molar-refractivity contribution in [2.75, 3.05) is 18.1 Å². The van der Waals surface area contributed by atoms with Crippen molar-refractivity contribution >= 4 is 11.6 Å². The van der Waals surface area contributed by atoms with Gasteiger partial charge in [-0.3, -0.25) is 4.79 Å². The minimum Gasteiger partial charge on any atom is -0.493 e. The van der Waals surface area contributed by atoms with Gasteiger partial charge in [-0.1, -0.05) is 30.3 Å². The quantitative estimate of drug-likeness (QED) is 0.860. The Labute approximate surface area is 125 Å². The summed E-state index contributed by atoms with van der Waals surface area (Å²) in [6, 6.07) is 16.0. The highest BCUT2D eigenvalue weighted by molar-refractivity contribution is 5.95. The maximum absolute atomic E-state index is 12.3. The van der Waals surface area contributed by atoms with Crippen molar-refractivity contribution in [2.45, 2.75) is 19.8 Å². The highest BCUT2D eigenvalue weighted by atomic mass is 16.5. The molecule has 2 aromatic carbocycles. The topological polar surface area (TPSA) is 29.5 Å². The van der Waals surface area contributed by atoms with Gasteiger partial charge in [0.2, 0.25) is 5.91 Å². The number of benzene rings is 2. The van der Waals surface area contributed by atoms with Crippen molar-refractivity contribution in [1.29, 1.82) is 0 Å². The summed E-state index contributed by atoms with van der Waals surface area (Å²) in [6.45, 7) is 3.22. The minimum absolute atomic E-state index is 0.132. The fourth-order valence-corrected chi connectivity index (χ4v) is 2.69. The van der Waals surface area contributed by atoms with Crippen molar-refractivity contribution in [3.63, 3.8) is 0 Å². The predicted molar refractivity (Wildman–Crippen MR) is 83.8 cm³/mol. The van der Waals surface area contributed by atoms with E-state index in [2.05, 4.69) is 6.07 Å². The average molecular weight is 281 g/mol. The van der Waals surface area contributed by atoms with E-state index in [4.69, 9.17) is 4.74 Å². The van der Waals surface area contributed by atoms with Crippen LogP contribution in [0.4, 0.5) is 5.69 Å². The lowest BCUT2D eigenvalue weighted by molar-refractivity contribution is -0.119. The number of fused-ring (bicyclic) bond motifs is 1. The predicted octanol–water partition coefficient (Wildman–Crippen LogP) is 3.35. The molecule has 3 rings (SSSR count). The largest absolute Gasteiger partial charge is 0.493 e. The molecule has 0 spiro atoms. The summed E-state index contributed by atoms with van der Waals surface area (Å²) < 4.78 is 5.66. The molecule has 0 aliphatic carbocycles. The van der Waals surface area contributed by atoms with E-state index in [9.17, 15) is 4.79 Å². The number of anilines is 1. The maximum Gasteiger partial charge on any atom is 0.230 e. The van der Waals surface area contributed by atoms with E-state index in [-0.39, 0.29) is 5.91 Å². The van der Waals surface area contributed by atoms with E-state index in [1.54, 1.807) is 0 Å². The van der Waals surface area contributed by atoms with Crippen LogP contribution in [0.1, 0.15) is 17.5 Å². The second-order valence-electron chi connectivity index (χ2n) is 5.34. The van der Waals surface area contributed by atoms with Gasteiger partial charge < -0.3 is 9.64 Å². The SMILES string of the molecule is Cc1cccc(OCCC(=O)N2CCc3ccccc32)c1. The van der Waals surface area contributed by atoms with Crippen molar-refractivity contribution < 1.29 is 9.53 Å². The fourth-order valence-electron chi connectivity index (χ4n) is 2.69. The van der Waals surface area contributed by atoms with Crippen LogP contribution in [0.25, 0.3) is 0 Å². The van der Waals surface area contributed by atoms with Gasteiger partial charge in [0, 0.05) is 12.2 Å². The van der Waals surface area contributed by atoms with E-state index in [1.807, 2.05) is 54.3 Å². The molecule has 1 aliphatic heterocycles. The summed E-state index contributed by atoms with van der Waals surface area (Å²) in [5, 5.41) is 0. The highest BCUT2D eigenvalue weighted by Crippen LogP contribution is 2.27. The van der Waals surface area contributed by atoms with Crippen LogP contribution in [0, 0.1) is 6.92 Å². The summed E-state index contributed by atoms with van der Waals surface area (Å²) in [4.78, 5) is 14.2. The maximum atomic E-state index is 12.3. The number of amides is 1. The molecule has 0 fully saturated rings. The zero-order valence-corrected chi connectivity index (χ0v) is 12.2. The summed E-state index contributed by atoms with van der Waals surface area (Å²) >= 11 is 0. The highest BCUT2D eigenvalue weighted by Gasteiger charge is 2.23. The zero-order valence-electron chi connectivity index (χ0n) is 12.2. The van der Waals surface area contributed by atoms with E-state index in [0.717, 1.165) is 30.0 Å². The van der Waals surface area contributed by atoms with Crippen LogP contribution in [0.5, 0.6) is 5.75 Å². The Morgan fingerprint density at radius 2 is 2.05 bits per heavy atom. The standard InChI is InChI=1S/C18H19NO2/c1-14-5-4-7-16(13-14)21-12-10-18(20)19-11-9-15-6-2-3-8-17(15)19/h2-8,13H,9-12H2,1H3. The summed E-state index contributed by atoms with van der Waals surface area (Å²) in [5.74, 6) is 0.956. The van der Waals surface area contributed by atoms with Gasteiger partial charge in [-0.25, -0.2) is 0 Å². The van der Waals surface area contributed by atoms with Crippen LogP contribution in [0.3, 0.4) is 0 Å². The van der Waals surface area contributed by atoms with Gasteiger partial charge in [-0.05, 0) is 42.7 Å². The van der Waals surface area contributed by atoms with Crippen LogP contribution in [-0.4, -0.2) is 19.1 Å². The minimum atomic E-state index is 0.132. The molecule has 3 nitrogen and oxygen atoms in total. The fraction of sp³-hybridized carbons (Fsp3) is 0.278. The number of hydrogen-bond acceptors (Lipinski definition) is 2. The Hall–Kier alpha value is -2.29. The first-order valence-corrected chi connectivity index (χ1v) is 7.32.